The van der Waals surface area contributed by atoms with E-state index in [1.807, 2.05) is 24.3 Å². The standard InChI is InChI=1S/C16H21NO4/c1-19-16(18)7-4-14-2-5-15(6-3-14)21-13-10-17-8-11-20-12-9-17/h2-7H,8-13H2,1H3. The van der Waals surface area contributed by atoms with Crippen molar-refractivity contribution in [3.8, 4) is 5.75 Å². The molecule has 1 heterocycles. The Labute approximate surface area is 125 Å². The SMILES string of the molecule is COC(=O)C=Cc1ccc(OCCN2CCOCC2)cc1. The number of hydrogen-bond acceptors (Lipinski definition) is 5. The third-order valence-corrected chi connectivity index (χ3v) is 3.27. The molecule has 0 aliphatic carbocycles. The monoisotopic (exact) mass is 291 g/mol. The zero-order valence-electron chi connectivity index (χ0n) is 12.3. The number of benzene rings is 1. The van der Waals surface area contributed by atoms with Crippen molar-refractivity contribution < 1.29 is 19.0 Å². The van der Waals surface area contributed by atoms with Gasteiger partial charge in [-0.2, -0.15) is 0 Å². The van der Waals surface area contributed by atoms with Crippen molar-refractivity contribution in [2.45, 2.75) is 0 Å². The van der Waals surface area contributed by atoms with Crippen LogP contribution in [0.2, 0.25) is 0 Å². The fourth-order valence-electron chi connectivity index (χ4n) is 2.02. The van der Waals surface area contributed by atoms with Crippen LogP contribution >= 0.6 is 0 Å². The number of methoxy groups -OCH3 is 1. The van der Waals surface area contributed by atoms with E-state index in [4.69, 9.17) is 9.47 Å². The van der Waals surface area contributed by atoms with Gasteiger partial charge < -0.3 is 14.2 Å². The average molecular weight is 291 g/mol. The lowest BCUT2D eigenvalue weighted by atomic mass is 10.2. The first-order chi connectivity index (χ1) is 10.3. The van der Waals surface area contributed by atoms with Gasteiger partial charge in [-0.25, -0.2) is 4.79 Å². The molecule has 5 heteroatoms. The van der Waals surface area contributed by atoms with Gasteiger partial charge in [-0.1, -0.05) is 12.1 Å². The maximum atomic E-state index is 11.0. The molecular weight excluding hydrogens is 270 g/mol. The van der Waals surface area contributed by atoms with Crippen LogP contribution in [0, 0.1) is 0 Å². The molecule has 0 radical (unpaired) electrons. The minimum atomic E-state index is -0.360. The van der Waals surface area contributed by atoms with E-state index in [1.54, 1.807) is 6.08 Å². The van der Waals surface area contributed by atoms with Crippen molar-refractivity contribution in [2.75, 3.05) is 46.6 Å². The second-order valence-corrected chi connectivity index (χ2v) is 4.73. The fraction of sp³-hybridized carbons (Fsp3) is 0.438. The summed E-state index contributed by atoms with van der Waals surface area (Å²) in [4.78, 5) is 13.3. The van der Waals surface area contributed by atoms with Gasteiger partial charge in [-0.05, 0) is 23.8 Å². The van der Waals surface area contributed by atoms with E-state index >= 15 is 0 Å². The van der Waals surface area contributed by atoms with Gasteiger partial charge in [0.25, 0.3) is 0 Å². The third kappa shape index (κ3) is 5.57. The lowest BCUT2D eigenvalue weighted by Crippen LogP contribution is -2.38. The predicted octanol–water partition coefficient (Wildman–Crippen LogP) is 1.58. The van der Waals surface area contributed by atoms with Crippen LogP contribution < -0.4 is 4.74 Å². The molecule has 0 aromatic heterocycles. The molecule has 0 amide bonds. The molecule has 0 unspecified atom stereocenters. The minimum absolute atomic E-state index is 0.360. The first kappa shape index (κ1) is 15.5. The Morgan fingerprint density at radius 1 is 1.29 bits per heavy atom. The highest BCUT2D eigenvalue weighted by Gasteiger charge is 2.09. The Balaban J connectivity index is 1.74. The smallest absolute Gasteiger partial charge is 0.330 e. The van der Waals surface area contributed by atoms with E-state index in [0.29, 0.717) is 6.61 Å². The van der Waals surface area contributed by atoms with Crippen LogP contribution in [0.3, 0.4) is 0 Å². The summed E-state index contributed by atoms with van der Waals surface area (Å²) in [7, 11) is 1.36. The van der Waals surface area contributed by atoms with Crippen molar-refractivity contribution >= 4 is 12.0 Å². The first-order valence-electron chi connectivity index (χ1n) is 7.07. The summed E-state index contributed by atoms with van der Waals surface area (Å²) in [6.07, 6.45) is 3.11. The predicted molar refractivity (Wildman–Crippen MR) is 80.2 cm³/mol. The van der Waals surface area contributed by atoms with Crippen LogP contribution in [0.15, 0.2) is 30.3 Å². The van der Waals surface area contributed by atoms with Gasteiger partial charge in [0.1, 0.15) is 12.4 Å². The summed E-state index contributed by atoms with van der Waals surface area (Å²) in [6, 6.07) is 7.61. The van der Waals surface area contributed by atoms with Gasteiger partial charge in [0.15, 0.2) is 0 Å². The highest BCUT2D eigenvalue weighted by molar-refractivity contribution is 5.86. The molecule has 1 aliphatic rings. The summed E-state index contributed by atoms with van der Waals surface area (Å²) in [5.41, 5.74) is 0.931. The first-order valence-corrected chi connectivity index (χ1v) is 7.07. The summed E-state index contributed by atoms with van der Waals surface area (Å²) in [5, 5.41) is 0. The molecule has 21 heavy (non-hydrogen) atoms. The highest BCUT2D eigenvalue weighted by atomic mass is 16.5. The second kappa shape index (κ2) is 8.44. The van der Waals surface area contributed by atoms with Crippen LogP contribution in [0.25, 0.3) is 6.08 Å². The molecule has 1 aliphatic heterocycles. The zero-order valence-corrected chi connectivity index (χ0v) is 12.3. The van der Waals surface area contributed by atoms with Crippen molar-refractivity contribution in [2.24, 2.45) is 0 Å². The van der Waals surface area contributed by atoms with E-state index in [0.717, 1.165) is 44.2 Å². The molecule has 114 valence electrons. The molecule has 2 rings (SSSR count). The van der Waals surface area contributed by atoms with Gasteiger partial charge >= 0.3 is 5.97 Å². The topological polar surface area (TPSA) is 48.0 Å². The van der Waals surface area contributed by atoms with Crippen molar-refractivity contribution in [1.29, 1.82) is 0 Å². The molecule has 0 saturated carbocycles. The second-order valence-electron chi connectivity index (χ2n) is 4.73. The molecule has 1 saturated heterocycles. The Hall–Kier alpha value is -1.85. The van der Waals surface area contributed by atoms with E-state index < -0.39 is 0 Å². The van der Waals surface area contributed by atoms with E-state index in [2.05, 4.69) is 9.64 Å². The van der Waals surface area contributed by atoms with Gasteiger partial charge in [0.2, 0.25) is 0 Å². The molecule has 0 spiro atoms. The molecule has 0 atom stereocenters. The van der Waals surface area contributed by atoms with E-state index in [1.165, 1.54) is 13.2 Å². The Bertz CT molecular complexity index is 464. The molecular formula is C16H21NO4. The maximum absolute atomic E-state index is 11.0. The van der Waals surface area contributed by atoms with Crippen molar-refractivity contribution in [3.63, 3.8) is 0 Å². The summed E-state index contributed by atoms with van der Waals surface area (Å²) < 4.78 is 15.6. The number of carbonyl (C=O) groups is 1. The number of esters is 1. The third-order valence-electron chi connectivity index (χ3n) is 3.27. The van der Waals surface area contributed by atoms with Gasteiger partial charge in [0.05, 0.1) is 20.3 Å². The van der Waals surface area contributed by atoms with Crippen LogP contribution in [0.4, 0.5) is 0 Å². The molecule has 5 nitrogen and oxygen atoms in total. The number of carbonyl (C=O) groups excluding carboxylic acids is 1. The molecule has 1 fully saturated rings. The van der Waals surface area contributed by atoms with Crippen LogP contribution in [-0.2, 0) is 14.3 Å². The van der Waals surface area contributed by atoms with E-state index in [9.17, 15) is 4.79 Å². The molecule has 0 bridgehead atoms. The lowest BCUT2D eigenvalue weighted by molar-refractivity contribution is -0.134. The van der Waals surface area contributed by atoms with Gasteiger partial charge in [0, 0.05) is 25.7 Å². The number of rotatable bonds is 6. The quantitative estimate of drug-likeness (QED) is 0.588. The van der Waals surface area contributed by atoms with Gasteiger partial charge in [-0.15, -0.1) is 0 Å². The number of morpholine rings is 1. The normalized spacial score (nSPS) is 16.0. The Kier molecular flexibility index (Phi) is 6.24. The summed E-state index contributed by atoms with van der Waals surface area (Å²) >= 11 is 0. The highest BCUT2D eigenvalue weighted by Crippen LogP contribution is 2.13. The van der Waals surface area contributed by atoms with Crippen LogP contribution in [0.5, 0.6) is 5.75 Å². The van der Waals surface area contributed by atoms with Crippen LogP contribution in [0.1, 0.15) is 5.56 Å². The van der Waals surface area contributed by atoms with Crippen molar-refractivity contribution in [1.82, 2.24) is 4.90 Å². The largest absolute Gasteiger partial charge is 0.492 e. The fourth-order valence-corrected chi connectivity index (χ4v) is 2.02. The summed E-state index contributed by atoms with van der Waals surface area (Å²) in [5.74, 6) is 0.472. The molecule has 1 aromatic carbocycles. The average Bonchev–Trinajstić information content (AvgIpc) is 2.55. The van der Waals surface area contributed by atoms with Crippen LogP contribution in [-0.4, -0.2) is 57.4 Å². The maximum Gasteiger partial charge on any atom is 0.330 e. The Morgan fingerprint density at radius 2 is 2.00 bits per heavy atom. The minimum Gasteiger partial charge on any atom is -0.492 e. The number of nitrogens with zero attached hydrogens (tertiary/aromatic N) is 1. The molecule has 1 aromatic rings. The number of ether oxygens (including phenoxy) is 3. The lowest BCUT2D eigenvalue weighted by Gasteiger charge is -2.26. The number of hydrogen-bond donors (Lipinski definition) is 0. The zero-order chi connectivity index (χ0) is 14.9. The Morgan fingerprint density at radius 3 is 2.67 bits per heavy atom. The van der Waals surface area contributed by atoms with Crippen molar-refractivity contribution in [3.05, 3.63) is 35.9 Å². The van der Waals surface area contributed by atoms with Gasteiger partial charge in [-0.3, -0.25) is 4.90 Å². The summed E-state index contributed by atoms with van der Waals surface area (Å²) in [6.45, 7) is 5.13. The molecule has 0 N–H and O–H groups in total. The van der Waals surface area contributed by atoms with E-state index in [-0.39, 0.29) is 5.97 Å².